The van der Waals surface area contributed by atoms with Crippen molar-refractivity contribution in [3.8, 4) is 33.9 Å². The highest BCUT2D eigenvalue weighted by Crippen LogP contribution is 2.43. The van der Waals surface area contributed by atoms with E-state index >= 15 is 0 Å². The lowest BCUT2D eigenvalue weighted by Gasteiger charge is -2.06. The van der Waals surface area contributed by atoms with Crippen LogP contribution in [0.2, 0.25) is 0 Å². The Kier molecular flexibility index (Phi) is 6.68. The van der Waals surface area contributed by atoms with Gasteiger partial charge < -0.3 is 0 Å². The topological polar surface area (TPSA) is 61.4 Å². The van der Waals surface area contributed by atoms with Gasteiger partial charge in [0, 0.05) is 34.6 Å². The third-order valence-electron chi connectivity index (χ3n) is 8.59. The fourth-order valence-corrected chi connectivity index (χ4v) is 6.55. The maximum absolute atomic E-state index is 5.11. The molecule has 0 unspecified atom stereocenters. The third kappa shape index (κ3) is 4.93. The van der Waals surface area contributed by atoms with Crippen molar-refractivity contribution in [1.29, 1.82) is 0 Å². The molecular weight excluding hydrogens is 589 g/mol. The first kappa shape index (κ1) is 27.6. The Bertz CT molecular complexity index is 2390. The molecule has 8 bridgehead atoms. The van der Waals surface area contributed by atoms with Crippen molar-refractivity contribution in [2.45, 2.75) is 0 Å². The number of hydrogen-bond acceptors (Lipinski definition) is 4. The van der Waals surface area contributed by atoms with Gasteiger partial charge in [0.25, 0.3) is 0 Å². The van der Waals surface area contributed by atoms with Crippen molar-refractivity contribution < 1.29 is 0 Å². The van der Waals surface area contributed by atoms with E-state index in [1.54, 1.807) is 0 Å². The number of pyridine rings is 2. The lowest BCUT2D eigenvalue weighted by molar-refractivity contribution is 1.07. The summed E-state index contributed by atoms with van der Waals surface area (Å²) in [5, 5.41) is 0. The van der Waals surface area contributed by atoms with Crippen LogP contribution in [0, 0.1) is 0 Å². The molecule has 0 N–H and O–H groups in total. The molecule has 226 valence electrons. The van der Waals surface area contributed by atoms with E-state index in [0.717, 1.165) is 78.7 Å². The molecule has 0 saturated heterocycles. The van der Waals surface area contributed by atoms with Crippen LogP contribution in [0.4, 0.5) is 0 Å². The van der Waals surface area contributed by atoms with Gasteiger partial charge in [-0.05, 0) is 96.1 Å². The second-order valence-corrected chi connectivity index (χ2v) is 11.6. The highest BCUT2D eigenvalue weighted by molar-refractivity contribution is 6.05. The summed E-state index contributed by atoms with van der Waals surface area (Å²) in [6, 6.07) is 45.9. The van der Waals surface area contributed by atoms with Gasteiger partial charge in [0.1, 0.15) is 11.6 Å². The molecule has 9 rings (SSSR count). The average molecular weight is 617 g/mol. The molecule has 0 spiro atoms. The molecule has 7 aromatic rings. The molecule has 0 saturated carbocycles. The van der Waals surface area contributed by atoms with Crippen LogP contribution in [0.25, 0.3) is 80.3 Å². The molecule has 2 aliphatic heterocycles. The van der Waals surface area contributed by atoms with Crippen molar-refractivity contribution >= 4 is 46.4 Å². The normalized spacial score (nSPS) is 12.0. The summed E-state index contributed by atoms with van der Waals surface area (Å²) in [6.07, 6.45) is 11.9. The SMILES string of the molecule is C1=Cc2cc3c(-c4ccccc4)c(-c4ccccc4)c(cc4nc(cc5ccc(cc1n2)n5-c1ccccn1)C=C4)n3-c1ccccn1. The molecule has 0 atom stereocenters. The third-order valence-corrected chi connectivity index (χ3v) is 8.59. The first-order valence-corrected chi connectivity index (χ1v) is 15.9. The summed E-state index contributed by atoms with van der Waals surface area (Å²) in [5.41, 5.74) is 11.7. The number of nitrogens with zero attached hydrogens (tertiary/aromatic N) is 6. The van der Waals surface area contributed by atoms with Gasteiger partial charge >= 0.3 is 0 Å². The van der Waals surface area contributed by atoms with E-state index in [0.29, 0.717) is 0 Å². The van der Waals surface area contributed by atoms with Crippen LogP contribution in [0.1, 0.15) is 22.8 Å². The first-order valence-electron chi connectivity index (χ1n) is 15.9. The van der Waals surface area contributed by atoms with Gasteiger partial charge in [0.2, 0.25) is 0 Å². The van der Waals surface area contributed by atoms with Gasteiger partial charge in [-0.2, -0.15) is 0 Å². The van der Waals surface area contributed by atoms with Crippen molar-refractivity contribution in [2.24, 2.45) is 0 Å². The smallest absolute Gasteiger partial charge is 0.137 e. The van der Waals surface area contributed by atoms with E-state index in [-0.39, 0.29) is 0 Å². The average Bonchev–Trinajstić information content (AvgIpc) is 3.93. The predicted molar refractivity (Wildman–Crippen MR) is 195 cm³/mol. The molecule has 6 nitrogen and oxygen atoms in total. The Morgan fingerprint density at radius 3 is 1.23 bits per heavy atom. The standard InChI is InChI=1S/C42H28N6/c1-3-11-29(12-4-1)41-37-27-33-19-17-31(45-33)25-35-21-22-36(47(35)39-15-7-9-23-43-39)26-32-18-20-34(46-32)28-38(42(41)30-13-5-2-6-14-30)48(37)40-16-8-10-24-44-40/h1-28H. The molecule has 0 fully saturated rings. The van der Waals surface area contributed by atoms with Gasteiger partial charge in [-0.3, -0.25) is 9.13 Å². The molecule has 6 heteroatoms. The lowest BCUT2D eigenvalue weighted by Crippen LogP contribution is -1.97. The quantitative estimate of drug-likeness (QED) is 0.198. The number of benzene rings is 2. The minimum Gasteiger partial charge on any atom is -0.295 e. The van der Waals surface area contributed by atoms with Crippen LogP contribution in [-0.4, -0.2) is 29.1 Å². The second kappa shape index (κ2) is 11.6. The van der Waals surface area contributed by atoms with Gasteiger partial charge in [0.15, 0.2) is 0 Å². The largest absolute Gasteiger partial charge is 0.295 e. The zero-order valence-corrected chi connectivity index (χ0v) is 25.8. The van der Waals surface area contributed by atoms with Crippen LogP contribution in [0.5, 0.6) is 0 Å². The monoisotopic (exact) mass is 616 g/mol. The maximum atomic E-state index is 5.11. The van der Waals surface area contributed by atoms with Crippen molar-refractivity contribution in [2.75, 3.05) is 0 Å². The summed E-state index contributed by atoms with van der Waals surface area (Å²) in [7, 11) is 0. The van der Waals surface area contributed by atoms with E-state index in [2.05, 4.69) is 142 Å². The van der Waals surface area contributed by atoms with Crippen LogP contribution < -0.4 is 0 Å². The Labute approximate surface area is 277 Å². The van der Waals surface area contributed by atoms with Crippen molar-refractivity contribution in [3.05, 3.63) is 169 Å². The zero-order chi connectivity index (χ0) is 31.9. The number of rotatable bonds is 4. The maximum Gasteiger partial charge on any atom is 0.137 e. The first-order chi connectivity index (χ1) is 23.8. The van der Waals surface area contributed by atoms with Crippen LogP contribution >= 0.6 is 0 Å². The van der Waals surface area contributed by atoms with Crippen molar-refractivity contribution in [1.82, 2.24) is 29.1 Å². The fraction of sp³-hybridized carbons (Fsp3) is 0. The van der Waals surface area contributed by atoms with Gasteiger partial charge in [0.05, 0.1) is 33.8 Å². The van der Waals surface area contributed by atoms with Crippen molar-refractivity contribution in [3.63, 3.8) is 0 Å². The van der Waals surface area contributed by atoms with E-state index in [9.17, 15) is 0 Å². The zero-order valence-electron chi connectivity index (χ0n) is 25.8. The Morgan fingerprint density at radius 2 is 0.792 bits per heavy atom. The van der Waals surface area contributed by atoms with E-state index in [1.165, 1.54) is 0 Å². The lowest BCUT2D eigenvalue weighted by atomic mass is 9.96. The summed E-state index contributed by atoms with van der Waals surface area (Å²) in [6.45, 7) is 0. The Hall–Kier alpha value is -6.66. The molecule has 2 aromatic carbocycles. The predicted octanol–water partition coefficient (Wildman–Crippen LogP) is 9.70. The van der Waals surface area contributed by atoms with Gasteiger partial charge in [-0.15, -0.1) is 0 Å². The number of fused-ring (bicyclic) bond motifs is 8. The molecular formula is C42H28N6. The molecule has 0 radical (unpaired) electrons. The second-order valence-electron chi connectivity index (χ2n) is 11.6. The van der Waals surface area contributed by atoms with Crippen LogP contribution in [0.15, 0.2) is 146 Å². The summed E-state index contributed by atoms with van der Waals surface area (Å²) in [4.78, 5) is 19.8. The number of hydrogen-bond donors (Lipinski definition) is 0. The highest BCUT2D eigenvalue weighted by atomic mass is 15.1. The van der Waals surface area contributed by atoms with E-state index < -0.39 is 0 Å². The summed E-state index contributed by atoms with van der Waals surface area (Å²) in [5.74, 6) is 1.64. The Balaban J connectivity index is 1.48. The van der Waals surface area contributed by atoms with Gasteiger partial charge in [-0.25, -0.2) is 19.9 Å². The van der Waals surface area contributed by atoms with Crippen LogP contribution in [-0.2, 0) is 0 Å². The van der Waals surface area contributed by atoms with Gasteiger partial charge in [-0.1, -0.05) is 72.8 Å². The molecule has 2 aliphatic rings. The molecule has 48 heavy (non-hydrogen) atoms. The van der Waals surface area contributed by atoms with E-state index in [4.69, 9.17) is 15.0 Å². The Morgan fingerprint density at radius 1 is 0.375 bits per heavy atom. The molecule has 0 aliphatic carbocycles. The minimum absolute atomic E-state index is 0.812. The summed E-state index contributed by atoms with van der Waals surface area (Å²) < 4.78 is 4.38. The fourth-order valence-electron chi connectivity index (χ4n) is 6.55. The molecule has 7 heterocycles. The number of aromatic nitrogens is 6. The summed E-state index contributed by atoms with van der Waals surface area (Å²) >= 11 is 0. The minimum atomic E-state index is 0.812. The molecule has 5 aromatic heterocycles. The molecule has 0 amide bonds. The van der Waals surface area contributed by atoms with E-state index in [1.807, 2.05) is 42.7 Å². The highest BCUT2D eigenvalue weighted by Gasteiger charge is 2.22. The van der Waals surface area contributed by atoms with Crippen LogP contribution in [0.3, 0.4) is 0 Å².